The summed E-state index contributed by atoms with van der Waals surface area (Å²) in [6.45, 7) is 0. The quantitative estimate of drug-likeness (QED) is 0.644. The number of alkyl halides is 3. The Kier molecular flexibility index (Phi) is 2.75. The molecule has 14 heavy (non-hydrogen) atoms. The monoisotopic (exact) mass is 203 g/mol. The molecule has 0 aliphatic heterocycles. The van der Waals surface area contributed by atoms with Gasteiger partial charge < -0.3 is 0 Å². The van der Waals surface area contributed by atoms with Crippen LogP contribution in [0.4, 0.5) is 17.6 Å². The Morgan fingerprint density at radius 2 is 1.93 bits per heavy atom. The van der Waals surface area contributed by atoms with Gasteiger partial charge in [-0.25, -0.2) is 4.39 Å². The SMILES string of the molecule is N#Cc1cc(F)ccc1CC(F)(F)F. The van der Waals surface area contributed by atoms with Gasteiger partial charge in [0.1, 0.15) is 5.82 Å². The summed E-state index contributed by atoms with van der Waals surface area (Å²) >= 11 is 0. The minimum atomic E-state index is -4.39. The van der Waals surface area contributed by atoms with Gasteiger partial charge in [0.25, 0.3) is 0 Å². The van der Waals surface area contributed by atoms with Gasteiger partial charge in [-0.15, -0.1) is 0 Å². The van der Waals surface area contributed by atoms with Crippen LogP contribution in [0.1, 0.15) is 11.1 Å². The Bertz CT molecular complexity index is 375. The van der Waals surface area contributed by atoms with Crippen LogP contribution in [-0.4, -0.2) is 6.18 Å². The van der Waals surface area contributed by atoms with E-state index in [0.717, 1.165) is 18.2 Å². The lowest BCUT2D eigenvalue weighted by Crippen LogP contribution is -2.12. The molecule has 0 saturated heterocycles. The molecule has 1 aromatic rings. The molecule has 0 spiro atoms. The molecule has 1 aromatic carbocycles. The molecular weight excluding hydrogens is 198 g/mol. The third-order valence-electron chi connectivity index (χ3n) is 1.58. The van der Waals surface area contributed by atoms with Crippen molar-refractivity contribution in [3.63, 3.8) is 0 Å². The summed E-state index contributed by atoms with van der Waals surface area (Å²) in [6.07, 6.45) is -5.60. The smallest absolute Gasteiger partial charge is 0.207 e. The highest BCUT2D eigenvalue weighted by atomic mass is 19.4. The summed E-state index contributed by atoms with van der Waals surface area (Å²) in [4.78, 5) is 0. The molecule has 0 radical (unpaired) electrons. The molecular formula is C9H5F4N. The maximum absolute atomic E-state index is 12.5. The Labute approximate surface area is 77.6 Å². The van der Waals surface area contributed by atoms with E-state index in [1.54, 1.807) is 0 Å². The Hall–Kier alpha value is -1.57. The van der Waals surface area contributed by atoms with Crippen LogP contribution in [0.15, 0.2) is 18.2 Å². The topological polar surface area (TPSA) is 23.8 Å². The van der Waals surface area contributed by atoms with E-state index >= 15 is 0 Å². The third kappa shape index (κ3) is 2.73. The summed E-state index contributed by atoms with van der Waals surface area (Å²) in [5.74, 6) is -0.715. The van der Waals surface area contributed by atoms with Crippen molar-refractivity contribution in [1.29, 1.82) is 5.26 Å². The maximum Gasteiger partial charge on any atom is 0.393 e. The van der Waals surface area contributed by atoms with E-state index in [1.807, 2.05) is 0 Å². The fraction of sp³-hybridized carbons (Fsp3) is 0.222. The number of hydrogen-bond donors (Lipinski definition) is 0. The number of nitriles is 1. The zero-order valence-electron chi connectivity index (χ0n) is 6.90. The molecule has 0 amide bonds. The van der Waals surface area contributed by atoms with Crippen molar-refractivity contribution >= 4 is 0 Å². The van der Waals surface area contributed by atoms with Gasteiger partial charge in [0.15, 0.2) is 0 Å². The first-order chi connectivity index (χ1) is 6.42. The molecule has 0 N–H and O–H groups in total. The molecule has 0 aliphatic carbocycles. The Morgan fingerprint density at radius 3 is 2.43 bits per heavy atom. The van der Waals surface area contributed by atoms with Crippen molar-refractivity contribution in [3.05, 3.63) is 35.1 Å². The molecule has 0 fully saturated rings. The van der Waals surface area contributed by atoms with Crippen LogP contribution in [-0.2, 0) is 6.42 Å². The highest BCUT2D eigenvalue weighted by Gasteiger charge is 2.28. The number of hydrogen-bond acceptors (Lipinski definition) is 1. The number of rotatable bonds is 1. The van der Waals surface area contributed by atoms with E-state index in [1.165, 1.54) is 6.07 Å². The summed E-state index contributed by atoms with van der Waals surface area (Å²) in [5.41, 5.74) is -0.483. The highest BCUT2D eigenvalue weighted by molar-refractivity contribution is 5.38. The molecule has 0 aliphatic rings. The lowest BCUT2D eigenvalue weighted by Gasteiger charge is -2.07. The predicted octanol–water partition coefficient (Wildman–Crippen LogP) is 2.80. The van der Waals surface area contributed by atoms with Crippen molar-refractivity contribution in [2.24, 2.45) is 0 Å². The van der Waals surface area contributed by atoms with Crippen molar-refractivity contribution in [1.82, 2.24) is 0 Å². The van der Waals surface area contributed by atoms with Crippen LogP contribution >= 0.6 is 0 Å². The molecule has 0 unspecified atom stereocenters. The second kappa shape index (κ2) is 3.66. The molecule has 0 heterocycles. The zero-order chi connectivity index (χ0) is 10.8. The van der Waals surface area contributed by atoms with Gasteiger partial charge in [-0.05, 0) is 17.7 Å². The molecule has 5 heteroatoms. The highest BCUT2D eigenvalue weighted by Crippen LogP contribution is 2.23. The van der Waals surface area contributed by atoms with Crippen molar-refractivity contribution < 1.29 is 17.6 Å². The first-order valence-electron chi connectivity index (χ1n) is 3.67. The molecule has 1 rings (SSSR count). The lowest BCUT2D eigenvalue weighted by atomic mass is 10.1. The number of halogens is 4. The molecule has 1 nitrogen and oxygen atoms in total. The average Bonchev–Trinajstić information content (AvgIpc) is 2.06. The van der Waals surface area contributed by atoms with Crippen LogP contribution in [0.5, 0.6) is 0 Å². The molecule has 0 atom stereocenters. The minimum Gasteiger partial charge on any atom is -0.207 e. The van der Waals surface area contributed by atoms with Crippen molar-refractivity contribution in [2.75, 3.05) is 0 Å². The standard InChI is InChI=1S/C9H5F4N/c10-8-2-1-6(4-9(11,12)13)7(3-8)5-14/h1-3H,4H2. The van der Waals surface area contributed by atoms with Crippen LogP contribution < -0.4 is 0 Å². The summed E-state index contributed by atoms with van der Waals surface area (Å²) in [7, 11) is 0. The lowest BCUT2D eigenvalue weighted by molar-refractivity contribution is -0.127. The van der Waals surface area contributed by atoms with Gasteiger partial charge >= 0.3 is 6.18 Å². The largest absolute Gasteiger partial charge is 0.393 e. The first kappa shape index (κ1) is 10.5. The molecule has 0 bridgehead atoms. The van der Waals surface area contributed by atoms with Gasteiger partial charge in [0.05, 0.1) is 18.1 Å². The van der Waals surface area contributed by atoms with E-state index < -0.39 is 18.4 Å². The molecule has 0 saturated carbocycles. The van der Waals surface area contributed by atoms with Gasteiger partial charge in [0, 0.05) is 0 Å². The second-order valence-corrected chi connectivity index (χ2v) is 2.71. The minimum absolute atomic E-state index is 0.207. The predicted molar refractivity (Wildman–Crippen MR) is 40.9 cm³/mol. The van der Waals surface area contributed by atoms with Gasteiger partial charge in [-0.1, -0.05) is 6.07 Å². The van der Waals surface area contributed by atoms with Crippen LogP contribution in [0.2, 0.25) is 0 Å². The number of nitrogens with zero attached hydrogens (tertiary/aromatic N) is 1. The van der Waals surface area contributed by atoms with E-state index in [0.29, 0.717) is 0 Å². The second-order valence-electron chi connectivity index (χ2n) is 2.71. The van der Waals surface area contributed by atoms with Gasteiger partial charge in [0.2, 0.25) is 0 Å². The molecule has 0 aromatic heterocycles. The van der Waals surface area contributed by atoms with Crippen molar-refractivity contribution in [3.8, 4) is 6.07 Å². The Morgan fingerprint density at radius 1 is 1.29 bits per heavy atom. The molecule has 74 valence electrons. The van der Waals surface area contributed by atoms with Gasteiger partial charge in [-0.2, -0.15) is 18.4 Å². The average molecular weight is 203 g/mol. The first-order valence-corrected chi connectivity index (χ1v) is 3.67. The van der Waals surface area contributed by atoms with Crippen LogP contribution in [0.3, 0.4) is 0 Å². The van der Waals surface area contributed by atoms with Crippen LogP contribution in [0.25, 0.3) is 0 Å². The number of benzene rings is 1. The third-order valence-corrected chi connectivity index (χ3v) is 1.58. The van der Waals surface area contributed by atoms with Crippen LogP contribution in [0, 0.1) is 17.1 Å². The van der Waals surface area contributed by atoms with E-state index in [2.05, 4.69) is 0 Å². The normalized spacial score (nSPS) is 11.1. The summed E-state index contributed by atoms with van der Waals surface area (Å²) < 4.78 is 48.4. The van der Waals surface area contributed by atoms with Gasteiger partial charge in [-0.3, -0.25) is 0 Å². The van der Waals surface area contributed by atoms with Crippen molar-refractivity contribution in [2.45, 2.75) is 12.6 Å². The fourth-order valence-corrected chi connectivity index (χ4v) is 1.02. The Balaban J connectivity index is 3.05. The zero-order valence-corrected chi connectivity index (χ0v) is 6.90. The fourth-order valence-electron chi connectivity index (χ4n) is 1.02. The summed E-state index contributed by atoms with van der Waals surface area (Å²) in [6, 6.07) is 4.19. The van der Waals surface area contributed by atoms with E-state index in [9.17, 15) is 17.6 Å². The summed E-state index contributed by atoms with van der Waals surface area (Å²) in [5, 5.41) is 8.46. The van der Waals surface area contributed by atoms with E-state index in [4.69, 9.17) is 5.26 Å². The maximum atomic E-state index is 12.5. The van der Waals surface area contributed by atoms with E-state index in [-0.39, 0.29) is 11.1 Å².